The summed E-state index contributed by atoms with van der Waals surface area (Å²) in [5.74, 6) is 2.08. The molecule has 1 aliphatic rings. The molecule has 0 unspecified atom stereocenters. The van der Waals surface area contributed by atoms with E-state index < -0.39 is 0 Å². The highest BCUT2D eigenvalue weighted by Crippen LogP contribution is 2.39. The third kappa shape index (κ3) is 4.73. The zero-order chi connectivity index (χ0) is 22.6. The van der Waals surface area contributed by atoms with Crippen LogP contribution in [-0.4, -0.2) is 28.8 Å². The Hall–Kier alpha value is -3.71. The van der Waals surface area contributed by atoms with E-state index in [1.165, 1.54) is 17.7 Å². The summed E-state index contributed by atoms with van der Waals surface area (Å²) in [4.78, 5) is 2.30. The molecule has 0 spiro atoms. The van der Waals surface area contributed by atoms with Crippen LogP contribution in [0.5, 0.6) is 11.5 Å². The fourth-order valence-corrected chi connectivity index (χ4v) is 4.18. The van der Waals surface area contributed by atoms with Gasteiger partial charge in [-0.3, -0.25) is 4.90 Å². The van der Waals surface area contributed by atoms with E-state index in [1.807, 2.05) is 36.4 Å². The number of hydrogen-bond donors (Lipinski definition) is 0. The second-order valence-corrected chi connectivity index (χ2v) is 7.96. The van der Waals surface area contributed by atoms with Gasteiger partial charge in [0.1, 0.15) is 17.3 Å². The number of ether oxygens (including phenoxy) is 2. The van der Waals surface area contributed by atoms with Crippen molar-refractivity contribution in [2.75, 3.05) is 13.7 Å². The number of rotatable bonds is 7. The monoisotopic (exact) mass is 445 g/mol. The van der Waals surface area contributed by atoms with Crippen LogP contribution in [-0.2, 0) is 13.1 Å². The van der Waals surface area contributed by atoms with Crippen LogP contribution in [0.3, 0.4) is 0 Å². The molecule has 0 radical (unpaired) electrons. The first kappa shape index (κ1) is 21.2. The summed E-state index contributed by atoms with van der Waals surface area (Å²) in [5.41, 5.74) is 2.81. The molecule has 168 valence electrons. The Morgan fingerprint density at radius 1 is 1.00 bits per heavy atom. The van der Waals surface area contributed by atoms with Crippen LogP contribution in [0.1, 0.15) is 29.5 Å². The minimum absolute atomic E-state index is 0.0774. The van der Waals surface area contributed by atoms with E-state index in [1.54, 1.807) is 19.2 Å². The Morgan fingerprint density at radius 2 is 1.88 bits per heavy atom. The van der Waals surface area contributed by atoms with Crippen LogP contribution < -0.4 is 9.47 Å². The lowest BCUT2D eigenvalue weighted by molar-refractivity contribution is 0.116. The van der Waals surface area contributed by atoms with Crippen molar-refractivity contribution in [2.24, 2.45) is 0 Å². The number of aromatic nitrogens is 2. The molecule has 1 aliphatic heterocycles. The standard InChI is InChI=1S/C26H24FN3O3/c1-31-21-10-11-24-22(15-21)23(12-13-32-24)30(16-18-6-3-2-4-7-18)17-25-28-29-26(33-25)19-8-5-9-20(27)14-19/h2-11,14-15,23H,12-13,16-17H2,1H3/t23-/m0/s1. The van der Waals surface area contributed by atoms with E-state index in [9.17, 15) is 4.39 Å². The van der Waals surface area contributed by atoms with Gasteiger partial charge in [-0.05, 0) is 42.0 Å². The molecule has 7 heteroatoms. The van der Waals surface area contributed by atoms with Crippen molar-refractivity contribution in [2.45, 2.75) is 25.6 Å². The minimum atomic E-state index is -0.342. The highest BCUT2D eigenvalue weighted by Gasteiger charge is 2.29. The Bertz CT molecular complexity index is 1230. The van der Waals surface area contributed by atoms with E-state index in [-0.39, 0.29) is 11.9 Å². The molecule has 4 aromatic rings. The SMILES string of the molecule is COc1ccc2c(c1)[C@@H](N(Cc1ccccc1)Cc1nnc(-c3cccc(F)c3)o1)CCO2. The van der Waals surface area contributed by atoms with Crippen LogP contribution in [0.2, 0.25) is 0 Å². The first-order chi connectivity index (χ1) is 16.2. The molecule has 3 aromatic carbocycles. The topological polar surface area (TPSA) is 60.6 Å². The fraction of sp³-hybridized carbons (Fsp3) is 0.231. The molecule has 1 aromatic heterocycles. The Balaban J connectivity index is 1.46. The van der Waals surface area contributed by atoms with Gasteiger partial charge in [0.05, 0.1) is 20.3 Å². The van der Waals surface area contributed by atoms with Crippen LogP contribution >= 0.6 is 0 Å². The molecule has 6 nitrogen and oxygen atoms in total. The Labute approximate surface area is 191 Å². The molecule has 5 rings (SSSR count). The second kappa shape index (κ2) is 9.42. The normalized spacial score (nSPS) is 15.2. The van der Waals surface area contributed by atoms with Crippen molar-refractivity contribution in [1.29, 1.82) is 0 Å². The summed E-state index contributed by atoms with van der Waals surface area (Å²) < 4.78 is 30.9. The number of methoxy groups -OCH3 is 1. The summed E-state index contributed by atoms with van der Waals surface area (Å²) in [7, 11) is 1.66. The molecule has 0 bridgehead atoms. The van der Waals surface area contributed by atoms with Crippen molar-refractivity contribution in [3.8, 4) is 23.0 Å². The zero-order valence-corrected chi connectivity index (χ0v) is 18.3. The van der Waals surface area contributed by atoms with Crippen LogP contribution in [0.4, 0.5) is 4.39 Å². The van der Waals surface area contributed by atoms with Crippen LogP contribution in [0.25, 0.3) is 11.5 Å². The number of fused-ring (bicyclic) bond motifs is 1. The molecule has 0 saturated heterocycles. The molecule has 2 heterocycles. The quantitative estimate of drug-likeness (QED) is 0.379. The maximum atomic E-state index is 13.6. The van der Waals surface area contributed by atoms with Gasteiger partial charge in [0, 0.05) is 30.1 Å². The Morgan fingerprint density at radius 3 is 2.70 bits per heavy atom. The molecule has 0 saturated carbocycles. The maximum Gasteiger partial charge on any atom is 0.247 e. The van der Waals surface area contributed by atoms with Gasteiger partial charge in [0.25, 0.3) is 0 Å². The first-order valence-electron chi connectivity index (χ1n) is 10.9. The average Bonchev–Trinajstić information content (AvgIpc) is 3.32. The largest absolute Gasteiger partial charge is 0.497 e. The van der Waals surface area contributed by atoms with Crippen molar-refractivity contribution in [3.63, 3.8) is 0 Å². The maximum absolute atomic E-state index is 13.6. The van der Waals surface area contributed by atoms with Gasteiger partial charge in [-0.2, -0.15) is 0 Å². The summed E-state index contributed by atoms with van der Waals surface area (Å²) in [6.07, 6.45) is 0.817. The smallest absolute Gasteiger partial charge is 0.247 e. The van der Waals surface area contributed by atoms with Gasteiger partial charge in [0.15, 0.2) is 0 Å². The van der Waals surface area contributed by atoms with Gasteiger partial charge < -0.3 is 13.9 Å². The minimum Gasteiger partial charge on any atom is -0.497 e. The number of hydrogen-bond acceptors (Lipinski definition) is 6. The molecule has 1 atom stereocenters. The third-order valence-electron chi connectivity index (χ3n) is 5.77. The summed E-state index contributed by atoms with van der Waals surface area (Å²) >= 11 is 0. The number of nitrogens with zero attached hydrogens (tertiary/aromatic N) is 3. The predicted octanol–water partition coefficient (Wildman–Crippen LogP) is 5.41. The first-order valence-corrected chi connectivity index (χ1v) is 10.9. The summed E-state index contributed by atoms with van der Waals surface area (Å²) in [5, 5.41) is 8.40. The van der Waals surface area contributed by atoms with Gasteiger partial charge >= 0.3 is 0 Å². The van der Waals surface area contributed by atoms with Crippen molar-refractivity contribution < 1.29 is 18.3 Å². The zero-order valence-electron chi connectivity index (χ0n) is 18.3. The van der Waals surface area contributed by atoms with E-state index in [0.717, 1.165) is 23.5 Å². The second-order valence-electron chi connectivity index (χ2n) is 7.96. The highest BCUT2D eigenvalue weighted by atomic mass is 19.1. The van der Waals surface area contributed by atoms with E-state index in [2.05, 4.69) is 27.2 Å². The highest BCUT2D eigenvalue weighted by molar-refractivity contribution is 5.52. The molecule has 0 aliphatic carbocycles. The van der Waals surface area contributed by atoms with Crippen LogP contribution in [0.15, 0.2) is 77.2 Å². The molecule has 0 fully saturated rings. The summed E-state index contributed by atoms with van der Waals surface area (Å²) in [6.45, 7) is 1.76. The number of halogens is 1. The summed E-state index contributed by atoms with van der Waals surface area (Å²) in [6, 6.07) is 22.4. The lowest BCUT2D eigenvalue weighted by Crippen LogP contribution is -2.32. The lowest BCUT2D eigenvalue weighted by Gasteiger charge is -2.35. The fourth-order valence-electron chi connectivity index (χ4n) is 4.18. The molecular weight excluding hydrogens is 421 g/mol. The van der Waals surface area contributed by atoms with E-state index in [4.69, 9.17) is 13.9 Å². The average molecular weight is 445 g/mol. The predicted molar refractivity (Wildman–Crippen MR) is 121 cm³/mol. The molecule has 33 heavy (non-hydrogen) atoms. The lowest BCUT2D eigenvalue weighted by atomic mass is 9.97. The van der Waals surface area contributed by atoms with Gasteiger partial charge in [0.2, 0.25) is 11.8 Å². The van der Waals surface area contributed by atoms with Crippen molar-refractivity contribution >= 4 is 0 Å². The van der Waals surface area contributed by atoms with Gasteiger partial charge in [-0.15, -0.1) is 10.2 Å². The van der Waals surface area contributed by atoms with E-state index >= 15 is 0 Å². The number of benzene rings is 3. The third-order valence-corrected chi connectivity index (χ3v) is 5.77. The molecule has 0 N–H and O–H groups in total. The van der Waals surface area contributed by atoms with E-state index in [0.29, 0.717) is 37.0 Å². The van der Waals surface area contributed by atoms with Crippen LogP contribution in [0, 0.1) is 5.82 Å². The molecule has 0 amide bonds. The van der Waals surface area contributed by atoms with Gasteiger partial charge in [-0.1, -0.05) is 36.4 Å². The van der Waals surface area contributed by atoms with Gasteiger partial charge in [-0.25, -0.2) is 4.39 Å². The van der Waals surface area contributed by atoms with Crippen molar-refractivity contribution in [1.82, 2.24) is 15.1 Å². The van der Waals surface area contributed by atoms with Crippen molar-refractivity contribution in [3.05, 3.63) is 95.6 Å². The Kier molecular flexibility index (Phi) is 6.04. The molecular formula is C26H24FN3O3.